The molecular weight excluding hydrogens is 1570 g/mol. The number of aromatic amines is 4. The van der Waals surface area contributed by atoms with Crippen LogP contribution in [-0.4, -0.2) is 179 Å². The first-order chi connectivity index (χ1) is 59.8. The van der Waals surface area contributed by atoms with Crippen molar-refractivity contribution in [3.8, 4) is 67.3 Å². The number of carbonyl (C=O) groups excluding carboxylic acids is 6. The number of methoxy groups -OCH3 is 4. The molecule has 0 spiro atoms. The molecule has 0 saturated carbocycles. The Morgan fingerprint density at radius 3 is 1.02 bits per heavy atom. The number of likely N-dealkylation sites (tertiary alicyclic amines) is 4. The van der Waals surface area contributed by atoms with Gasteiger partial charge in [-0.15, -0.1) is 0 Å². The quantitative estimate of drug-likeness (QED) is 0.0310. The number of benzene rings is 8. The third-order valence-corrected chi connectivity index (χ3v) is 23.4. The Morgan fingerprint density at radius 2 is 0.685 bits per heavy atom. The summed E-state index contributed by atoms with van der Waals surface area (Å²) in [6.45, 7) is 15.8. The van der Waals surface area contributed by atoms with Gasteiger partial charge in [0.05, 0.1) is 86.0 Å². The molecule has 4 aliphatic rings. The second-order valence-electron chi connectivity index (χ2n) is 33.4. The van der Waals surface area contributed by atoms with Crippen LogP contribution in [0.4, 0.5) is 14.4 Å². The summed E-state index contributed by atoms with van der Waals surface area (Å²) >= 11 is 0. The summed E-state index contributed by atoms with van der Waals surface area (Å²) in [5, 5.41) is 18.6. The van der Waals surface area contributed by atoms with Crippen molar-refractivity contribution >= 4 is 63.5 Å². The molecule has 27 heteroatoms. The number of aliphatic carboxylic acids is 1. The average molecular weight is 1680 g/mol. The molecule has 16 rings (SSSR count). The molecule has 644 valence electrons. The number of carboxylic acids is 1. The molecule has 8 aromatic carbocycles. The summed E-state index contributed by atoms with van der Waals surface area (Å²) in [5.41, 5.74) is 13.0. The third-order valence-electron chi connectivity index (χ3n) is 23.4. The predicted molar refractivity (Wildman–Crippen MR) is 473 cm³/mol. The van der Waals surface area contributed by atoms with Gasteiger partial charge in [-0.05, 0) is 174 Å². The van der Waals surface area contributed by atoms with Gasteiger partial charge in [-0.25, -0.2) is 39.1 Å². The Hall–Kier alpha value is -13.3. The number of nitrogens with one attached hydrogen (secondary N) is 6. The highest BCUT2D eigenvalue weighted by atomic mass is 16.6. The lowest BCUT2D eigenvalue weighted by Crippen LogP contribution is -2.51. The van der Waals surface area contributed by atoms with Crippen molar-refractivity contribution in [2.24, 2.45) is 11.8 Å². The number of imidazole rings is 4. The topological polar surface area (TPSA) is 338 Å². The first-order valence-electron chi connectivity index (χ1n) is 42.3. The molecule has 8 atom stereocenters. The monoisotopic (exact) mass is 1680 g/mol. The Labute approximate surface area is 721 Å². The lowest BCUT2D eigenvalue weighted by Gasteiger charge is -2.30. The minimum Gasteiger partial charge on any atom is -0.479 e. The smallest absolute Gasteiger partial charge is 0.410 e. The van der Waals surface area contributed by atoms with E-state index in [1.54, 1.807) is 36.3 Å². The normalized spacial score (nSPS) is 17.4. The fraction of sp³-hybridized carbons (Fsp3) is 0.351. The predicted octanol–water partition coefficient (Wildman–Crippen LogP) is 18.2. The van der Waals surface area contributed by atoms with Crippen LogP contribution in [0.5, 0.6) is 0 Å². The molecular formula is C97H108N14O13. The Balaban J connectivity index is 0.000000178. The molecule has 4 aliphatic heterocycles. The van der Waals surface area contributed by atoms with E-state index in [2.05, 4.69) is 157 Å². The molecule has 124 heavy (non-hydrogen) atoms. The van der Waals surface area contributed by atoms with E-state index in [1.165, 1.54) is 21.3 Å². The number of H-pyrrole nitrogens is 4. The van der Waals surface area contributed by atoms with Crippen LogP contribution >= 0.6 is 0 Å². The number of amides is 6. The molecule has 4 saturated heterocycles. The van der Waals surface area contributed by atoms with Gasteiger partial charge >= 0.3 is 24.2 Å². The van der Waals surface area contributed by atoms with E-state index >= 15 is 0 Å². The van der Waals surface area contributed by atoms with Crippen LogP contribution in [0.3, 0.4) is 0 Å². The summed E-state index contributed by atoms with van der Waals surface area (Å²) in [6, 6.07) is 59.0. The standard InChI is InChI=1S/C46H49N7O5.C42H49N7O5.C9H10O3/c1-28(2)40(51-46(56)58-4)44(54)52-22-8-12-38(52)42-48-27-37(50-42)35-21-20-33-24-32(18-19-34(33)25-35)29-14-16-30(17-15-29)36-26-47-43(49-36)39-13-9-23-53(39)45(55)41(57-3)31-10-6-5-7-11-31;1-25(2)36(47-40(51)53-6)39(50)48-19-7-9-34(48)37-44-24-33(46-37)31-18-17-29-21-28(15-16-30(29)22-31)26-11-13-27(14-12-26)32-23-43-38(45-32)35-10-8-20-49(35)41(52)54-42(3,4)5;1-12-8(9(10)11)7-5-3-2-4-6-7/h5-7,10-11,14-21,24-28,38-41H,8-9,12-13,22-23H2,1-4H3,(H,47,49)(H,48,50)(H,51,56);11-18,21-25,34-36H,7-10,19-20H2,1-6H3,(H,43,45)(H,44,46)(H,47,51);2-6,8H,1H3,(H,10,11)/t38-,39-,40-,41+;34-,35-,36-;8-/m001/s1. The number of carboxylic acid groups (broad SMARTS) is 1. The fourth-order valence-electron chi connectivity index (χ4n) is 16.9. The number of nitrogens with zero attached hydrogens (tertiary/aromatic N) is 8. The number of ether oxygens (including phenoxy) is 5. The Morgan fingerprint density at radius 1 is 0.387 bits per heavy atom. The van der Waals surface area contributed by atoms with Crippen LogP contribution in [-0.2, 0) is 42.9 Å². The zero-order valence-electron chi connectivity index (χ0n) is 71.8. The van der Waals surface area contributed by atoms with E-state index in [1.807, 2.05) is 124 Å². The van der Waals surface area contributed by atoms with Crippen LogP contribution in [0.1, 0.15) is 171 Å². The van der Waals surface area contributed by atoms with Crippen molar-refractivity contribution in [3.63, 3.8) is 0 Å². The summed E-state index contributed by atoms with van der Waals surface area (Å²) < 4.78 is 25.6. The van der Waals surface area contributed by atoms with Crippen LogP contribution in [0.2, 0.25) is 0 Å². The molecule has 0 bridgehead atoms. The summed E-state index contributed by atoms with van der Waals surface area (Å²) in [7, 11) is 5.55. The fourth-order valence-corrected chi connectivity index (χ4v) is 16.9. The summed E-state index contributed by atoms with van der Waals surface area (Å²) in [5.74, 6) is 1.57. The number of fused-ring (bicyclic) bond motifs is 2. The Kier molecular flexibility index (Phi) is 27.3. The second-order valence-corrected chi connectivity index (χ2v) is 33.4. The first-order valence-corrected chi connectivity index (χ1v) is 42.3. The lowest BCUT2D eigenvalue weighted by molar-refractivity contribution is -0.149. The first kappa shape index (κ1) is 87.1. The molecule has 6 amide bonds. The van der Waals surface area contributed by atoms with Crippen molar-refractivity contribution in [2.75, 3.05) is 54.6 Å². The van der Waals surface area contributed by atoms with Gasteiger partial charge in [-0.3, -0.25) is 19.3 Å². The molecule has 0 aliphatic carbocycles. The van der Waals surface area contributed by atoms with Crippen molar-refractivity contribution in [1.29, 1.82) is 0 Å². The van der Waals surface area contributed by atoms with Gasteiger partial charge in [0.2, 0.25) is 11.8 Å². The minimum atomic E-state index is -0.969. The maximum atomic E-state index is 13.6. The van der Waals surface area contributed by atoms with E-state index in [0.29, 0.717) is 31.7 Å². The van der Waals surface area contributed by atoms with Gasteiger partial charge in [-0.1, -0.05) is 185 Å². The zero-order chi connectivity index (χ0) is 87.5. The molecule has 4 aromatic heterocycles. The van der Waals surface area contributed by atoms with E-state index < -0.39 is 48.0 Å². The highest BCUT2D eigenvalue weighted by Gasteiger charge is 2.42. The maximum absolute atomic E-state index is 13.6. The third kappa shape index (κ3) is 19.9. The van der Waals surface area contributed by atoms with Gasteiger partial charge in [0.1, 0.15) is 41.0 Å². The summed E-state index contributed by atoms with van der Waals surface area (Å²) in [6.07, 6.45) is 11.1. The molecule has 4 fully saturated rings. The van der Waals surface area contributed by atoms with E-state index in [0.717, 1.165) is 169 Å². The molecule has 8 heterocycles. The lowest BCUT2D eigenvalue weighted by atomic mass is 9.98. The zero-order valence-corrected chi connectivity index (χ0v) is 71.8. The number of hydrogen-bond acceptors (Lipinski definition) is 16. The summed E-state index contributed by atoms with van der Waals surface area (Å²) in [4.78, 5) is 128. The molecule has 27 nitrogen and oxygen atoms in total. The van der Waals surface area contributed by atoms with Crippen LogP contribution in [0, 0.1) is 11.8 Å². The minimum absolute atomic E-state index is 0.0468. The van der Waals surface area contributed by atoms with Gasteiger partial charge < -0.3 is 74.1 Å². The van der Waals surface area contributed by atoms with Crippen molar-refractivity contribution in [1.82, 2.24) is 70.1 Å². The van der Waals surface area contributed by atoms with Crippen molar-refractivity contribution < 1.29 is 62.4 Å². The van der Waals surface area contributed by atoms with Crippen LogP contribution in [0.15, 0.2) is 207 Å². The average Bonchev–Trinajstić information content (AvgIpc) is 1.58. The molecule has 0 radical (unpaired) electrons. The molecule has 0 unspecified atom stereocenters. The SMILES string of the molecule is COC(=O)N[C@H](C(=O)N1CCC[C@H]1c1ncc(-c2ccc3cc(-c4ccc(-c5cnc([C@@H]6CCCN6C(=O)OC(C)(C)C)[nH]5)cc4)ccc3c2)[nH]1)C(C)C.COC(=O)N[C@H](C(=O)N1CCC[C@H]1c1ncc(-c2ccc3cc(-c4ccc(-c5cnc([C@@H]6CCCN6C(=O)[C@H](OC)c6ccccc6)[nH]5)cc4)ccc3c2)[nH]1)C(C)C.CO[C@@H](C(=O)O)c1ccccc1. The Bertz CT molecular complexity index is 5740. The number of hydrogen-bond donors (Lipinski definition) is 7. The maximum Gasteiger partial charge on any atom is 0.410 e. The van der Waals surface area contributed by atoms with Crippen molar-refractivity contribution in [2.45, 2.75) is 154 Å². The number of aromatic nitrogens is 8. The largest absolute Gasteiger partial charge is 0.479 e. The van der Waals surface area contributed by atoms with Gasteiger partial charge in [0.15, 0.2) is 12.2 Å². The number of carbonyl (C=O) groups is 7. The van der Waals surface area contributed by atoms with Crippen molar-refractivity contribution in [3.05, 3.63) is 241 Å². The van der Waals surface area contributed by atoms with Gasteiger partial charge in [0.25, 0.3) is 5.91 Å². The molecule has 7 N–H and O–H groups in total. The number of rotatable bonds is 22. The highest BCUT2D eigenvalue weighted by molar-refractivity contribution is 5.93. The number of alkyl carbamates (subject to hydrolysis) is 2. The highest BCUT2D eigenvalue weighted by Crippen LogP contribution is 2.41. The second kappa shape index (κ2) is 38.9. The van der Waals surface area contributed by atoms with Crippen LogP contribution < -0.4 is 10.6 Å². The van der Waals surface area contributed by atoms with Crippen LogP contribution in [0.25, 0.3) is 88.8 Å². The van der Waals surface area contributed by atoms with E-state index in [4.69, 9.17) is 43.7 Å². The van der Waals surface area contributed by atoms with E-state index in [-0.39, 0.29) is 59.8 Å². The molecule has 12 aromatic rings. The van der Waals surface area contributed by atoms with Gasteiger partial charge in [0, 0.05) is 51.5 Å². The van der Waals surface area contributed by atoms with E-state index in [9.17, 15) is 33.6 Å². The van der Waals surface area contributed by atoms with Gasteiger partial charge in [-0.2, -0.15) is 0 Å².